The first kappa shape index (κ1) is 16.9. The zero-order valence-corrected chi connectivity index (χ0v) is 13.4. The number of carbonyl (C=O) groups excluding carboxylic acids is 1. The topological polar surface area (TPSA) is 26.3 Å². The summed E-state index contributed by atoms with van der Waals surface area (Å²) in [5.41, 5.74) is 4.92. The number of esters is 1. The fraction of sp³-hybridized carbons (Fsp3) is 0.0952. The molecule has 2 aromatic carbocycles. The minimum Gasteiger partial charge on any atom is -0.448 e. The number of rotatable bonds is 1. The summed E-state index contributed by atoms with van der Waals surface area (Å²) >= 11 is 0. The van der Waals surface area contributed by atoms with Gasteiger partial charge in [0.15, 0.2) is 6.10 Å². The van der Waals surface area contributed by atoms with E-state index in [0.717, 1.165) is 12.2 Å². The molecule has 1 aliphatic carbocycles. The fourth-order valence-electron chi connectivity index (χ4n) is 2.94. The molecule has 0 saturated carbocycles. The molecule has 0 amide bonds. The largest absolute Gasteiger partial charge is 0.448 e. The lowest BCUT2D eigenvalue weighted by Gasteiger charge is -2.18. The fourth-order valence-corrected chi connectivity index (χ4v) is 2.94. The monoisotopic (exact) mass is 368 g/mol. The van der Waals surface area contributed by atoms with Crippen molar-refractivity contribution in [3.8, 4) is 11.1 Å². The standard InChI is InChI=1S/C21H8F4O2/c22-14-9-10-16-18(11-14)15-3-1-2-4-17(15)20(26)27-19(16)12-5-7-13(8-6-12)21(23,24)25/h1,3,5,7,9-11,19H. The van der Waals surface area contributed by atoms with Gasteiger partial charge in [-0.3, -0.25) is 0 Å². The number of halogens is 4. The smallest absolute Gasteiger partial charge is 0.424 e. The molecule has 0 radical (unpaired) electrons. The number of ether oxygens (including phenoxy) is 1. The number of hydrogen-bond donors (Lipinski definition) is 0. The van der Waals surface area contributed by atoms with Crippen LogP contribution in [0.5, 0.6) is 0 Å². The number of fused-ring (bicyclic) bond motifs is 3. The van der Waals surface area contributed by atoms with Gasteiger partial charge >= 0.3 is 12.1 Å². The van der Waals surface area contributed by atoms with Gasteiger partial charge < -0.3 is 4.74 Å². The third-order valence-corrected chi connectivity index (χ3v) is 4.18. The Hall–Kier alpha value is -3.51. The van der Waals surface area contributed by atoms with Crippen molar-refractivity contribution in [1.82, 2.24) is 0 Å². The second kappa shape index (κ2) is 6.03. The Labute approximate surface area is 151 Å². The van der Waals surface area contributed by atoms with E-state index in [-0.39, 0.29) is 11.1 Å². The van der Waals surface area contributed by atoms with Crippen LogP contribution in [0.3, 0.4) is 0 Å². The van der Waals surface area contributed by atoms with Gasteiger partial charge in [0.05, 0.1) is 0 Å². The number of carbonyl (C=O) groups is 1. The Morgan fingerprint density at radius 1 is 1.04 bits per heavy atom. The molecule has 2 aliphatic rings. The Morgan fingerprint density at radius 3 is 2.56 bits per heavy atom. The highest BCUT2D eigenvalue weighted by molar-refractivity contribution is 5.98. The van der Waals surface area contributed by atoms with E-state index in [1.807, 2.05) is 5.73 Å². The Morgan fingerprint density at radius 2 is 1.85 bits per heavy atom. The molecule has 1 unspecified atom stereocenters. The van der Waals surface area contributed by atoms with E-state index in [1.54, 1.807) is 6.07 Å². The molecule has 0 fully saturated rings. The lowest BCUT2D eigenvalue weighted by Crippen LogP contribution is -2.13. The Kier molecular flexibility index (Phi) is 3.78. The molecule has 1 atom stereocenters. The minimum absolute atomic E-state index is 0.0720. The molecule has 2 nitrogen and oxygen atoms in total. The van der Waals surface area contributed by atoms with E-state index >= 15 is 0 Å². The molecule has 0 aromatic heterocycles. The Balaban J connectivity index is 1.93. The molecule has 1 aliphatic heterocycles. The van der Waals surface area contributed by atoms with E-state index < -0.39 is 29.6 Å². The summed E-state index contributed by atoms with van der Waals surface area (Å²) in [4.78, 5) is 12.5. The zero-order valence-electron chi connectivity index (χ0n) is 13.4. The van der Waals surface area contributed by atoms with Crippen molar-refractivity contribution in [1.29, 1.82) is 0 Å². The van der Waals surface area contributed by atoms with Crippen molar-refractivity contribution in [3.63, 3.8) is 0 Å². The highest BCUT2D eigenvalue weighted by Gasteiger charge is 2.34. The first-order valence-electron chi connectivity index (χ1n) is 7.79. The second-order valence-electron chi connectivity index (χ2n) is 5.86. The maximum absolute atomic E-state index is 13.8. The van der Waals surface area contributed by atoms with Gasteiger partial charge in [-0.1, -0.05) is 29.7 Å². The summed E-state index contributed by atoms with van der Waals surface area (Å²) in [5.74, 6) is -1.26. The Bertz CT molecular complexity index is 1100. The van der Waals surface area contributed by atoms with Gasteiger partial charge in [-0.05, 0) is 42.0 Å². The SMILES string of the molecule is O=C1OC(C2=C=C=C(C(F)(F)F)C=C2)c2ccc(F)cc2-c2ccc#cc21. The maximum atomic E-state index is 13.8. The summed E-state index contributed by atoms with van der Waals surface area (Å²) < 4.78 is 57.6. The number of benzene rings is 1. The molecule has 4 rings (SSSR count). The normalized spacial score (nSPS) is 17.8. The van der Waals surface area contributed by atoms with Crippen LogP contribution < -0.4 is 0 Å². The van der Waals surface area contributed by atoms with Crippen molar-refractivity contribution in [2.24, 2.45) is 0 Å². The van der Waals surface area contributed by atoms with Gasteiger partial charge in [0.1, 0.15) is 17.0 Å². The minimum atomic E-state index is -4.56. The molecule has 2 aromatic rings. The van der Waals surface area contributed by atoms with Crippen molar-refractivity contribution in [2.75, 3.05) is 0 Å². The summed E-state index contributed by atoms with van der Waals surface area (Å²) in [6.45, 7) is 0. The molecule has 27 heavy (non-hydrogen) atoms. The van der Waals surface area contributed by atoms with Gasteiger partial charge in [-0.25, -0.2) is 9.18 Å². The number of cyclic esters (lactones) is 1. The van der Waals surface area contributed by atoms with Gasteiger partial charge in [-0.15, -0.1) is 0 Å². The van der Waals surface area contributed by atoms with Crippen LogP contribution in [0, 0.1) is 17.9 Å². The van der Waals surface area contributed by atoms with E-state index in [9.17, 15) is 22.4 Å². The van der Waals surface area contributed by atoms with Crippen molar-refractivity contribution >= 4 is 5.97 Å². The van der Waals surface area contributed by atoms with Gasteiger partial charge in [0.25, 0.3) is 0 Å². The quantitative estimate of drug-likeness (QED) is 0.400. The number of alkyl halides is 3. The summed E-state index contributed by atoms with van der Waals surface area (Å²) in [7, 11) is 0. The van der Waals surface area contributed by atoms with Crippen LogP contribution in [0.15, 0.2) is 65.1 Å². The molecular weight excluding hydrogens is 360 g/mol. The first-order chi connectivity index (χ1) is 12.8. The maximum Gasteiger partial charge on any atom is 0.424 e. The van der Waals surface area contributed by atoms with Crippen LogP contribution >= 0.6 is 0 Å². The van der Waals surface area contributed by atoms with E-state index in [0.29, 0.717) is 16.7 Å². The molecule has 6 heteroatoms. The molecule has 0 spiro atoms. The molecule has 1 heterocycles. The van der Waals surface area contributed by atoms with Crippen LogP contribution in [0.4, 0.5) is 17.6 Å². The average Bonchev–Trinajstić information content (AvgIpc) is 2.77. The van der Waals surface area contributed by atoms with Gasteiger partial charge in [0.2, 0.25) is 0 Å². The lowest BCUT2D eigenvalue weighted by molar-refractivity contribution is -0.0880. The second-order valence-corrected chi connectivity index (χ2v) is 5.86. The highest BCUT2D eigenvalue weighted by Crippen LogP contribution is 2.40. The zero-order chi connectivity index (χ0) is 19.2. The van der Waals surface area contributed by atoms with Crippen LogP contribution in [0.1, 0.15) is 22.0 Å². The van der Waals surface area contributed by atoms with Gasteiger partial charge in [0, 0.05) is 16.7 Å². The third-order valence-electron chi connectivity index (χ3n) is 4.18. The molecule has 132 valence electrons. The van der Waals surface area contributed by atoms with E-state index in [1.165, 1.54) is 24.3 Å². The van der Waals surface area contributed by atoms with Crippen LogP contribution in [0.2, 0.25) is 0 Å². The average molecular weight is 368 g/mol. The molecular formula is C21H8F4O2. The predicted octanol–water partition coefficient (Wildman–Crippen LogP) is 5.04. The molecule has 0 N–H and O–H groups in total. The lowest BCUT2D eigenvalue weighted by atomic mass is 9.91. The van der Waals surface area contributed by atoms with Crippen molar-refractivity contribution in [2.45, 2.75) is 12.3 Å². The summed E-state index contributed by atoms with van der Waals surface area (Å²) in [6.07, 6.45) is -3.62. The number of allylic oxidation sites excluding steroid dienone is 2. The van der Waals surface area contributed by atoms with Crippen LogP contribution in [-0.2, 0) is 4.74 Å². The predicted molar refractivity (Wildman–Crippen MR) is 86.9 cm³/mol. The third kappa shape index (κ3) is 2.96. The van der Waals surface area contributed by atoms with Crippen LogP contribution in [0.25, 0.3) is 11.1 Å². The molecule has 0 bridgehead atoms. The van der Waals surface area contributed by atoms with E-state index in [2.05, 4.69) is 17.9 Å². The molecule has 0 saturated heterocycles. The van der Waals surface area contributed by atoms with Crippen molar-refractivity contribution < 1.29 is 27.1 Å². The summed E-state index contributed by atoms with van der Waals surface area (Å²) in [5, 5.41) is 0. The summed E-state index contributed by atoms with van der Waals surface area (Å²) in [6, 6.07) is 12.3. The number of hydrogen-bond acceptors (Lipinski definition) is 2. The highest BCUT2D eigenvalue weighted by atomic mass is 19.4. The van der Waals surface area contributed by atoms with Gasteiger partial charge in [-0.2, -0.15) is 13.2 Å². The van der Waals surface area contributed by atoms with Crippen LogP contribution in [-0.4, -0.2) is 12.1 Å². The van der Waals surface area contributed by atoms with E-state index in [4.69, 9.17) is 4.74 Å². The van der Waals surface area contributed by atoms with Crippen molar-refractivity contribution in [3.05, 3.63) is 94.2 Å². The first-order valence-corrected chi connectivity index (χ1v) is 7.79.